The fourth-order valence-corrected chi connectivity index (χ4v) is 0.808. The fraction of sp³-hybridized carbons (Fsp3) is 0.667. The standard InChI is InChI=1S/C12H20O4/c1-11(2,3)15-9(13)7-8-10(14)16-12(4,5)6/h7-8H,1-6H3. The zero-order valence-electron chi connectivity index (χ0n) is 10.8. The minimum atomic E-state index is -0.560. The van der Waals surface area contributed by atoms with E-state index in [1.165, 1.54) is 0 Å². The lowest BCUT2D eigenvalue weighted by Crippen LogP contribution is -2.24. The highest BCUT2D eigenvalue weighted by molar-refractivity contribution is 5.91. The maximum absolute atomic E-state index is 11.2. The Kier molecular flexibility index (Phi) is 4.72. The van der Waals surface area contributed by atoms with Gasteiger partial charge in [0.05, 0.1) is 0 Å². The Bertz CT molecular complexity index is 259. The molecule has 0 radical (unpaired) electrons. The van der Waals surface area contributed by atoms with Crippen molar-refractivity contribution in [2.24, 2.45) is 0 Å². The third-order valence-corrected chi connectivity index (χ3v) is 1.17. The first-order valence-corrected chi connectivity index (χ1v) is 5.14. The van der Waals surface area contributed by atoms with Gasteiger partial charge in [-0.3, -0.25) is 0 Å². The van der Waals surface area contributed by atoms with Crippen LogP contribution in [-0.2, 0) is 19.1 Å². The summed E-state index contributed by atoms with van der Waals surface area (Å²) in [6.07, 6.45) is 2.14. The van der Waals surface area contributed by atoms with Gasteiger partial charge in [-0.05, 0) is 41.5 Å². The van der Waals surface area contributed by atoms with E-state index in [1.54, 1.807) is 41.5 Å². The van der Waals surface area contributed by atoms with Gasteiger partial charge in [-0.25, -0.2) is 9.59 Å². The number of hydrogen-bond acceptors (Lipinski definition) is 4. The molecular formula is C12H20O4. The molecule has 0 heterocycles. The van der Waals surface area contributed by atoms with Gasteiger partial charge >= 0.3 is 11.9 Å². The second kappa shape index (κ2) is 5.14. The molecule has 0 aliphatic rings. The minimum Gasteiger partial charge on any atom is -0.457 e. The van der Waals surface area contributed by atoms with Crippen molar-refractivity contribution < 1.29 is 19.1 Å². The molecule has 0 aliphatic heterocycles. The van der Waals surface area contributed by atoms with E-state index < -0.39 is 23.1 Å². The molecule has 16 heavy (non-hydrogen) atoms. The molecule has 4 nitrogen and oxygen atoms in total. The van der Waals surface area contributed by atoms with E-state index in [4.69, 9.17) is 9.47 Å². The largest absolute Gasteiger partial charge is 0.457 e. The minimum absolute atomic E-state index is 0.557. The summed E-state index contributed by atoms with van der Waals surface area (Å²) in [4.78, 5) is 22.4. The Morgan fingerprint density at radius 2 is 1.00 bits per heavy atom. The molecule has 0 bridgehead atoms. The van der Waals surface area contributed by atoms with Crippen molar-refractivity contribution in [1.29, 1.82) is 0 Å². The lowest BCUT2D eigenvalue weighted by Gasteiger charge is -2.19. The van der Waals surface area contributed by atoms with Crippen molar-refractivity contribution in [3.05, 3.63) is 12.2 Å². The average Bonchev–Trinajstić information content (AvgIpc) is 1.94. The molecule has 0 saturated heterocycles. The molecule has 0 aromatic heterocycles. The normalized spacial score (nSPS) is 12.6. The van der Waals surface area contributed by atoms with Crippen LogP contribution >= 0.6 is 0 Å². The summed E-state index contributed by atoms with van der Waals surface area (Å²) in [5, 5.41) is 0. The van der Waals surface area contributed by atoms with Crippen molar-refractivity contribution in [2.45, 2.75) is 52.7 Å². The summed E-state index contributed by atoms with van der Waals surface area (Å²) in [6.45, 7) is 10.5. The number of rotatable bonds is 2. The number of ether oxygens (including phenoxy) is 2. The molecular weight excluding hydrogens is 208 g/mol. The molecule has 0 saturated carbocycles. The summed E-state index contributed by atoms with van der Waals surface area (Å²) < 4.78 is 9.97. The lowest BCUT2D eigenvalue weighted by molar-refractivity contribution is -0.151. The lowest BCUT2D eigenvalue weighted by atomic mass is 10.2. The molecule has 92 valence electrons. The topological polar surface area (TPSA) is 52.6 Å². The summed E-state index contributed by atoms with van der Waals surface area (Å²) in [7, 11) is 0. The fourth-order valence-electron chi connectivity index (χ4n) is 0.808. The first-order valence-electron chi connectivity index (χ1n) is 5.14. The van der Waals surface area contributed by atoms with Crippen LogP contribution in [0.15, 0.2) is 12.2 Å². The van der Waals surface area contributed by atoms with E-state index in [2.05, 4.69) is 0 Å². The number of carbonyl (C=O) groups excluding carboxylic acids is 2. The van der Waals surface area contributed by atoms with Crippen molar-refractivity contribution in [1.82, 2.24) is 0 Å². The van der Waals surface area contributed by atoms with Gasteiger partial charge in [0.2, 0.25) is 0 Å². The van der Waals surface area contributed by atoms with Gasteiger partial charge in [0.1, 0.15) is 11.2 Å². The summed E-state index contributed by atoms with van der Waals surface area (Å²) in [5.41, 5.74) is -1.12. The molecule has 4 heteroatoms. The first-order chi connectivity index (χ1) is 6.99. The van der Waals surface area contributed by atoms with Crippen LogP contribution in [0.4, 0.5) is 0 Å². The molecule has 0 atom stereocenters. The van der Waals surface area contributed by atoms with Crippen LogP contribution in [0, 0.1) is 0 Å². The third-order valence-electron chi connectivity index (χ3n) is 1.17. The number of hydrogen-bond donors (Lipinski definition) is 0. The zero-order valence-corrected chi connectivity index (χ0v) is 10.8. The smallest absolute Gasteiger partial charge is 0.331 e. The second-order valence-corrected chi connectivity index (χ2v) is 5.40. The number of esters is 2. The zero-order chi connectivity index (χ0) is 13.0. The van der Waals surface area contributed by atoms with E-state index in [1.807, 2.05) is 0 Å². The Balaban J connectivity index is 4.20. The van der Waals surface area contributed by atoms with E-state index >= 15 is 0 Å². The van der Waals surface area contributed by atoms with Gasteiger partial charge in [-0.2, -0.15) is 0 Å². The van der Waals surface area contributed by atoms with Crippen LogP contribution in [0.3, 0.4) is 0 Å². The third kappa shape index (κ3) is 9.24. The Hall–Kier alpha value is -1.32. The van der Waals surface area contributed by atoms with Crippen molar-refractivity contribution in [3.63, 3.8) is 0 Å². The molecule has 0 unspecified atom stereocenters. The van der Waals surface area contributed by atoms with E-state index in [-0.39, 0.29) is 0 Å². The average molecular weight is 228 g/mol. The van der Waals surface area contributed by atoms with Gasteiger partial charge in [-0.15, -0.1) is 0 Å². The van der Waals surface area contributed by atoms with Gasteiger partial charge in [-0.1, -0.05) is 0 Å². The van der Waals surface area contributed by atoms with Crippen molar-refractivity contribution in [2.75, 3.05) is 0 Å². The number of carbonyl (C=O) groups is 2. The van der Waals surface area contributed by atoms with Crippen LogP contribution in [0.25, 0.3) is 0 Å². The highest BCUT2D eigenvalue weighted by Crippen LogP contribution is 2.09. The Labute approximate surface area is 96.6 Å². The van der Waals surface area contributed by atoms with Crippen LogP contribution < -0.4 is 0 Å². The predicted molar refractivity (Wildman–Crippen MR) is 60.8 cm³/mol. The van der Waals surface area contributed by atoms with E-state index in [9.17, 15) is 9.59 Å². The summed E-state index contributed by atoms with van der Waals surface area (Å²) >= 11 is 0. The molecule has 0 rings (SSSR count). The second-order valence-electron chi connectivity index (χ2n) is 5.40. The maximum atomic E-state index is 11.2. The summed E-state index contributed by atoms with van der Waals surface area (Å²) in [6, 6.07) is 0. The highest BCUT2D eigenvalue weighted by atomic mass is 16.6. The summed E-state index contributed by atoms with van der Waals surface area (Å²) in [5.74, 6) is -1.11. The van der Waals surface area contributed by atoms with Crippen LogP contribution in [0.2, 0.25) is 0 Å². The molecule has 0 aliphatic carbocycles. The van der Waals surface area contributed by atoms with Gasteiger partial charge < -0.3 is 9.47 Å². The van der Waals surface area contributed by atoms with E-state index in [0.29, 0.717) is 0 Å². The van der Waals surface area contributed by atoms with Gasteiger partial charge in [0.25, 0.3) is 0 Å². The molecule has 0 spiro atoms. The van der Waals surface area contributed by atoms with Gasteiger partial charge in [0.15, 0.2) is 0 Å². The monoisotopic (exact) mass is 228 g/mol. The van der Waals surface area contributed by atoms with Crippen LogP contribution in [0.1, 0.15) is 41.5 Å². The predicted octanol–water partition coefficient (Wildman–Crippen LogP) is 2.23. The molecule has 0 fully saturated rings. The van der Waals surface area contributed by atoms with Gasteiger partial charge in [0, 0.05) is 12.2 Å². The quantitative estimate of drug-likeness (QED) is 0.537. The van der Waals surface area contributed by atoms with Crippen molar-refractivity contribution >= 4 is 11.9 Å². The first kappa shape index (κ1) is 14.7. The molecule has 0 N–H and O–H groups in total. The van der Waals surface area contributed by atoms with E-state index in [0.717, 1.165) is 12.2 Å². The van der Waals surface area contributed by atoms with Crippen molar-refractivity contribution in [3.8, 4) is 0 Å². The molecule has 0 amide bonds. The maximum Gasteiger partial charge on any atom is 0.331 e. The Morgan fingerprint density at radius 1 is 0.750 bits per heavy atom. The van der Waals surface area contributed by atoms with Crippen LogP contribution in [-0.4, -0.2) is 23.1 Å². The Morgan fingerprint density at radius 3 is 1.19 bits per heavy atom. The molecule has 0 aromatic rings. The van der Waals surface area contributed by atoms with Crippen LogP contribution in [0.5, 0.6) is 0 Å². The highest BCUT2D eigenvalue weighted by Gasteiger charge is 2.16. The SMILES string of the molecule is CC(C)(C)OC(=O)C=CC(=O)OC(C)(C)C. The molecule has 0 aromatic carbocycles.